The molecule has 1 aromatic heterocycles. The Kier molecular flexibility index (Phi) is 14.0. The fourth-order valence-corrected chi connectivity index (χ4v) is 5.38. The molecular weight excluding hydrogens is 593 g/mol. The van der Waals surface area contributed by atoms with Crippen LogP contribution in [0.25, 0.3) is 0 Å². The van der Waals surface area contributed by atoms with E-state index in [-0.39, 0.29) is 43.9 Å². The summed E-state index contributed by atoms with van der Waals surface area (Å²) in [4.78, 5) is 37.3. The number of aliphatic hydroxyl groups is 3. The van der Waals surface area contributed by atoms with Crippen LogP contribution in [0.15, 0.2) is 48.8 Å². The lowest BCUT2D eigenvalue weighted by molar-refractivity contribution is -0.140. The number of hydrogen-bond donors (Lipinski definition) is 4. The average molecular weight is 638 g/mol. The normalized spacial score (nSPS) is 20.0. The van der Waals surface area contributed by atoms with Gasteiger partial charge in [-0.1, -0.05) is 24.8 Å². The number of rotatable bonds is 17. The van der Waals surface area contributed by atoms with Gasteiger partial charge in [0.05, 0.1) is 49.7 Å². The van der Waals surface area contributed by atoms with Gasteiger partial charge in [0.25, 0.3) is 5.91 Å². The lowest BCUT2D eigenvalue weighted by Gasteiger charge is -2.31. The van der Waals surface area contributed by atoms with E-state index in [4.69, 9.17) is 21.4 Å². The molecule has 2 fully saturated rings. The summed E-state index contributed by atoms with van der Waals surface area (Å²) in [6.45, 7) is 9.52. The van der Waals surface area contributed by atoms with Crippen LogP contribution < -0.4 is 10.2 Å². The van der Waals surface area contributed by atoms with Gasteiger partial charge < -0.3 is 35.2 Å². The number of unbranched alkanes of at least 4 members (excludes halogenated alkanes) is 1. The SMILES string of the molecule is C=C(/C=C(/F)C(=C)CC(=O)N1CCC(O)(C(=O)NCCCC[C@H](O)CO)C1)OCCCC1CCN(c2ncc(Cl)cn2)CC1. The van der Waals surface area contributed by atoms with E-state index in [1.165, 1.54) is 4.90 Å². The molecule has 2 saturated heterocycles. The number of halogens is 2. The van der Waals surface area contributed by atoms with Crippen molar-refractivity contribution in [2.24, 2.45) is 5.92 Å². The third kappa shape index (κ3) is 11.1. The van der Waals surface area contributed by atoms with Gasteiger partial charge in [0.2, 0.25) is 11.9 Å². The van der Waals surface area contributed by atoms with Crippen LogP contribution in [0.5, 0.6) is 0 Å². The molecule has 44 heavy (non-hydrogen) atoms. The Labute approximate surface area is 263 Å². The average Bonchev–Trinajstić information content (AvgIpc) is 3.43. The topological polar surface area (TPSA) is 148 Å². The fraction of sp³-hybridized carbons (Fsp3) is 0.613. The number of nitrogens with one attached hydrogen (secondary N) is 1. The third-order valence-electron chi connectivity index (χ3n) is 8.02. The van der Waals surface area contributed by atoms with E-state index < -0.39 is 29.3 Å². The van der Waals surface area contributed by atoms with Crippen molar-refractivity contribution in [1.29, 1.82) is 0 Å². The zero-order valence-corrected chi connectivity index (χ0v) is 26.0. The van der Waals surface area contributed by atoms with Gasteiger partial charge >= 0.3 is 0 Å². The summed E-state index contributed by atoms with van der Waals surface area (Å²) in [5, 5.41) is 32.1. The van der Waals surface area contributed by atoms with Gasteiger partial charge in [-0.2, -0.15) is 0 Å². The van der Waals surface area contributed by atoms with Gasteiger partial charge in [0, 0.05) is 38.7 Å². The predicted octanol–water partition coefficient (Wildman–Crippen LogP) is 3.06. The van der Waals surface area contributed by atoms with Crippen LogP contribution in [0, 0.1) is 5.92 Å². The van der Waals surface area contributed by atoms with E-state index >= 15 is 0 Å². The van der Waals surface area contributed by atoms with Gasteiger partial charge in [0.1, 0.15) is 11.6 Å². The molecule has 2 aliphatic heterocycles. The quantitative estimate of drug-likeness (QED) is 0.115. The summed E-state index contributed by atoms with van der Waals surface area (Å²) < 4.78 is 20.3. The summed E-state index contributed by atoms with van der Waals surface area (Å²) in [7, 11) is 0. The van der Waals surface area contributed by atoms with Crippen LogP contribution in [-0.2, 0) is 14.3 Å². The molecule has 1 aromatic rings. The van der Waals surface area contributed by atoms with Gasteiger partial charge in [-0.3, -0.25) is 9.59 Å². The Bertz CT molecular complexity index is 1160. The summed E-state index contributed by atoms with van der Waals surface area (Å²) in [5.74, 6) is -0.342. The second kappa shape index (κ2) is 17.4. The lowest BCUT2D eigenvalue weighted by Crippen LogP contribution is -2.49. The van der Waals surface area contributed by atoms with Crippen LogP contribution >= 0.6 is 11.6 Å². The highest BCUT2D eigenvalue weighted by Gasteiger charge is 2.44. The number of aliphatic hydroxyl groups excluding tert-OH is 2. The number of anilines is 1. The number of piperidine rings is 1. The zero-order chi connectivity index (χ0) is 32.1. The van der Waals surface area contributed by atoms with Gasteiger partial charge in [-0.05, 0) is 56.4 Å². The molecule has 3 rings (SSSR count). The monoisotopic (exact) mass is 637 g/mol. The van der Waals surface area contributed by atoms with E-state index in [1.54, 1.807) is 12.4 Å². The minimum absolute atomic E-state index is 0.0406. The largest absolute Gasteiger partial charge is 0.494 e. The molecular formula is C31H45ClFN5O6. The smallest absolute Gasteiger partial charge is 0.253 e. The molecule has 0 aromatic carbocycles. The maximum atomic E-state index is 14.7. The van der Waals surface area contributed by atoms with Crippen LogP contribution in [0.1, 0.15) is 57.8 Å². The number of carbonyl (C=O) groups excluding carboxylic acids is 2. The minimum atomic E-state index is -1.72. The number of carbonyl (C=O) groups is 2. The van der Waals surface area contributed by atoms with Crippen molar-refractivity contribution < 1.29 is 34.0 Å². The van der Waals surface area contributed by atoms with Gasteiger partial charge in [-0.25, -0.2) is 14.4 Å². The molecule has 0 saturated carbocycles. The second-order valence-corrected chi connectivity index (χ2v) is 12.0. The van der Waals surface area contributed by atoms with E-state index in [2.05, 4.69) is 33.3 Å². The Hall–Kier alpha value is -3.06. The van der Waals surface area contributed by atoms with E-state index in [0.29, 0.717) is 49.3 Å². The molecule has 13 heteroatoms. The number of ether oxygens (including phenoxy) is 1. The van der Waals surface area contributed by atoms with Crippen LogP contribution in [0.4, 0.5) is 10.3 Å². The molecule has 11 nitrogen and oxygen atoms in total. The molecule has 0 radical (unpaired) electrons. The predicted molar refractivity (Wildman–Crippen MR) is 165 cm³/mol. The van der Waals surface area contributed by atoms with Crippen molar-refractivity contribution in [3.63, 3.8) is 0 Å². The Morgan fingerprint density at radius 2 is 1.91 bits per heavy atom. The van der Waals surface area contributed by atoms with E-state index in [1.807, 2.05) is 0 Å². The minimum Gasteiger partial charge on any atom is -0.494 e. The summed E-state index contributed by atoms with van der Waals surface area (Å²) in [5.41, 5.74) is -1.76. The van der Waals surface area contributed by atoms with E-state index in [0.717, 1.165) is 44.8 Å². The lowest BCUT2D eigenvalue weighted by atomic mass is 9.92. The summed E-state index contributed by atoms with van der Waals surface area (Å²) in [6.07, 6.45) is 8.70. The van der Waals surface area contributed by atoms with Crippen LogP contribution in [-0.4, -0.2) is 99.6 Å². The summed E-state index contributed by atoms with van der Waals surface area (Å²) >= 11 is 5.87. The Morgan fingerprint density at radius 1 is 1.20 bits per heavy atom. The molecule has 0 bridgehead atoms. The first-order valence-corrected chi connectivity index (χ1v) is 15.6. The zero-order valence-electron chi connectivity index (χ0n) is 25.2. The number of β-amino-alcohol motifs (C(OH)–C–C–N with tert-alkyl or cyclic N) is 1. The molecule has 0 spiro atoms. The number of amides is 2. The number of aromatic nitrogens is 2. The fourth-order valence-electron chi connectivity index (χ4n) is 5.28. The van der Waals surface area contributed by atoms with Crippen molar-refractivity contribution in [2.75, 3.05) is 50.8 Å². The molecule has 3 heterocycles. The first-order chi connectivity index (χ1) is 21.0. The molecule has 244 valence electrons. The maximum absolute atomic E-state index is 14.7. The van der Waals surface area contributed by atoms with Crippen molar-refractivity contribution in [3.05, 3.63) is 53.8 Å². The molecule has 0 aliphatic carbocycles. The highest BCUT2D eigenvalue weighted by molar-refractivity contribution is 6.30. The van der Waals surface area contributed by atoms with Crippen molar-refractivity contribution in [1.82, 2.24) is 20.2 Å². The number of allylic oxidation sites excluding steroid dienone is 2. The third-order valence-corrected chi connectivity index (χ3v) is 8.22. The van der Waals surface area contributed by atoms with Crippen molar-refractivity contribution >= 4 is 29.4 Å². The summed E-state index contributed by atoms with van der Waals surface area (Å²) in [6, 6.07) is 0. The highest BCUT2D eigenvalue weighted by Crippen LogP contribution is 2.26. The molecule has 2 aliphatic rings. The molecule has 2 amide bonds. The highest BCUT2D eigenvalue weighted by atomic mass is 35.5. The molecule has 2 atom stereocenters. The number of nitrogens with zero attached hydrogens (tertiary/aromatic N) is 4. The van der Waals surface area contributed by atoms with Crippen LogP contribution in [0.3, 0.4) is 0 Å². The first kappa shape index (κ1) is 35.4. The first-order valence-electron chi connectivity index (χ1n) is 15.2. The van der Waals surface area contributed by atoms with Crippen LogP contribution in [0.2, 0.25) is 5.02 Å². The van der Waals surface area contributed by atoms with Gasteiger partial charge in [0.15, 0.2) is 5.60 Å². The Balaban J connectivity index is 1.30. The van der Waals surface area contributed by atoms with Gasteiger partial charge in [-0.15, -0.1) is 0 Å². The number of hydrogen-bond acceptors (Lipinski definition) is 9. The van der Waals surface area contributed by atoms with Crippen molar-refractivity contribution in [3.8, 4) is 0 Å². The maximum Gasteiger partial charge on any atom is 0.253 e. The molecule has 1 unspecified atom stereocenters. The second-order valence-electron chi connectivity index (χ2n) is 11.5. The van der Waals surface area contributed by atoms with E-state index in [9.17, 15) is 24.2 Å². The standard InChI is InChI=1S/C31H45ClFN5O6/c1-22(16-28(41)38-14-10-31(43,21-38)29(42)34-11-4-3-7-26(40)20-39)27(33)17-23(2)44-15-5-6-24-8-12-37(13-9-24)30-35-18-25(32)19-36-30/h17-19,24,26,39-40,43H,1-16,20-21H2,(H,34,42)/b27-17+/t26-,31?/m0/s1. The number of likely N-dealkylation sites (tertiary alicyclic amines) is 1. The molecule has 4 N–H and O–H groups in total. The Morgan fingerprint density at radius 3 is 2.59 bits per heavy atom. The van der Waals surface area contributed by atoms with Crippen molar-refractivity contribution in [2.45, 2.75) is 69.5 Å².